The maximum atomic E-state index is 13.0. The fourth-order valence-electron chi connectivity index (χ4n) is 4.81. The van der Waals surface area contributed by atoms with Gasteiger partial charge in [-0.15, -0.1) is 0 Å². The summed E-state index contributed by atoms with van der Waals surface area (Å²) in [5, 5.41) is 1.03. The van der Waals surface area contributed by atoms with E-state index in [-0.39, 0.29) is 12.5 Å². The van der Waals surface area contributed by atoms with E-state index in [0.29, 0.717) is 11.7 Å². The summed E-state index contributed by atoms with van der Waals surface area (Å²) in [5.41, 5.74) is 3.07. The zero-order valence-electron chi connectivity index (χ0n) is 18.1. The number of fused-ring (bicyclic) bond motifs is 2. The monoisotopic (exact) mass is 415 g/mol. The van der Waals surface area contributed by atoms with Gasteiger partial charge in [-0.2, -0.15) is 0 Å². The van der Waals surface area contributed by atoms with Crippen LogP contribution in [-0.4, -0.2) is 37.1 Å². The van der Waals surface area contributed by atoms with Crippen molar-refractivity contribution in [1.82, 2.24) is 4.98 Å². The Kier molecular flexibility index (Phi) is 5.49. The summed E-state index contributed by atoms with van der Waals surface area (Å²) in [7, 11) is 0. The predicted octanol–water partition coefficient (Wildman–Crippen LogP) is 4.83. The number of carbonyl (C=O) groups is 1. The first-order valence-corrected chi connectivity index (χ1v) is 11.3. The third-order valence-electron chi connectivity index (χ3n) is 6.41. The van der Waals surface area contributed by atoms with Gasteiger partial charge in [0.2, 0.25) is 0 Å². The van der Waals surface area contributed by atoms with Gasteiger partial charge in [0.1, 0.15) is 17.1 Å². The van der Waals surface area contributed by atoms with Crippen LogP contribution in [0.4, 0.5) is 11.5 Å². The lowest BCUT2D eigenvalue weighted by Crippen LogP contribution is -2.38. The molecule has 1 fully saturated rings. The van der Waals surface area contributed by atoms with Crippen LogP contribution in [0.15, 0.2) is 54.6 Å². The molecule has 3 heterocycles. The number of aromatic nitrogens is 1. The molecule has 1 atom stereocenters. The Hall–Kier alpha value is -3.08. The standard InChI is InChI=1S/C26H29N3O2/c1-19-7-5-15-28(17-19)24-14-13-21-9-4-12-23(26(21)27-24)31-18-25(30)29-16-6-10-20-8-2-3-11-22(20)29/h2-4,8-9,11-14,19H,5-7,10,15-18H2,1H3. The zero-order chi connectivity index (χ0) is 21.2. The molecule has 2 aromatic carbocycles. The fraction of sp³-hybridized carbons (Fsp3) is 0.385. The van der Waals surface area contributed by atoms with E-state index in [1.807, 2.05) is 41.3 Å². The van der Waals surface area contributed by atoms with Crippen molar-refractivity contribution in [1.29, 1.82) is 0 Å². The predicted molar refractivity (Wildman–Crippen MR) is 125 cm³/mol. The number of ether oxygens (including phenoxy) is 1. The van der Waals surface area contributed by atoms with Crippen molar-refractivity contribution in [2.75, 3.05) is 36.0 Å². The van der Waals surface area contributed by atoms with Crippen LogP contribution >= 0.6 is 0 Å². The summed E-state index contributed by atoms with van der Waals surface area (Å²) in [6.45, 7) is 5.13. The van der Waals surface area contributed by atoms with Crippen LogP contribution in [0.25, 0.3) is 10.9 Å². The minimum Gasteiger partial charge on any atom is -0.481 e. The van der Waals surface area contributed by atoms with E-state index < -0.39 is 0 Å². The van der Waals surface area contributed by atoms with Crippen LogP contribution in [0.3, 0.4) is 0 Å². The van der Waals surface area contributed by atoms with Crippen molar-refractivity contribution in [3.8, 4) is 5.75 Å². The maximum absolute atomic E-state index is 13.0. The van der Waals surface area contributed by atoms with Crippen LogP contribution in [0.5, 0.6) is 5.75 Å². The number of carbonyl (C=O) groups excluding carboxylic acids is 1. The highest BCUT2D eigenvalue weighted by molar-refractivity contribution is 5.96. The maximum Gasteiger partial charge on any atom is 0.264 e. The number of amides is 1. The van der Waals surface area contributed by atoms with Gasteiger partial charge in [-0.1, -0.05) is 37.3 Å². The van der Waals surface area contributed by atoms with Crippen LogP contribution in [0.1, 0.15) is 31.7 Å². The molecule has 0 aliphatic carbocycles. The van der Waals surface area contributed by atoms with E-state index >= 15 is 0 Å². The Morgan fingerprint density at radius 2 is 1.97 bits per heavy atom. The Bertz CT molecular complexity index is 1100. The molecule has 1 unspecified atom stereocenters. The number of benzene rings is 2. The highest BCUT2D eigenvalue weighted by Crippen LogP contribution is 2.30. The molecular weight excluding hydrogens is 386 g/mol. The lowest BCUT2D eigenvalue weighted by molar-refractivity contribution is -0.120. The average molecular weight is 416 g/mol. The Balaban J connectivity index is 1.36. The number of anilines is 2. The number of aryl methyl sites for hydroxylation is 1. The largest absolute Gasteiger partial charge is 0.481 e. The zero-order valence-corrected chi connectivity index (χ0v) is 18.1. The number of piperidine rings is 1. The summed E-state index contributed by atoms with van der Waals surface area (Å²) in [6, 6.07) is 18.3. The van der Waals surface area contributed by atoms with Crippen molar-refractivity contribution in [3.05, 3.63) is 60.2 Å². The molecule has 2 aliphatic heterocycles. The second-order valence-electron chi connectivity index (χ2n) is 8.76. The van der Waals surface area contributed by atoms with Gasteiger partial charge in [0.15, 0.2) is 6.61 Å². The lowest BCUT2D eigenvalue weighted by Gasteiger charge is -2.32. The summed E-state index contributed by atoms with van der Waals surface area (Å²) in [5.74, 6) is 2.34. The van der Waals surface area contributed by atoms with E-state index in [0.717, 1.165) is 54.9 Å². The molecule has 0 radical (unpaired) electrons. The number of nitrogens with zero attached hydrogens (tertiary/aromatic N) is 3. The molecule has 5 rings (SSSR count). The van der Waals surface area contributed by atoms with E-state index in [1.54, 1.807) is 0 Å². The van der Waals surface area contributed by atoms with Crippen LogP contribution in [0.2, 0.25) is 0 Å². The smallest absolute Gasteiger partial charge is 0.264 e. The number of hydrogen-bond acceptors (Lipinski definition) is 4. The third-order valence-corrected chi connectivity index (χ3v) is 6.41. The molecule has 2 aliphatic rings. The van der Waals surface area contributed by atoms with Gasteiger partial charge in [-0.25, -0.2) is 4.98 Å². The van der Waals surface area contributed by atoms with Gasteiger partial charge in [0.25, 0.3) is 5.91 Å². The topological polar surface area (TPSA) is 45.7 Å². The minimum atomic E-state index is -0.00911. The second-order valence-corrected chi connectivity index (χ2v) is 8.76. The average Bonchev–Trinajstić information content (AvgIpc) is 2.82. The minimum absolute atomic E-state index is 0.00911. The molecule has 0 saturated carbocycles. The Morgan fingerprint density at radius 3 is 2.87 bits per heavy atom. The van der Waals surface area contributed by atoms with Gasteiger partial charge >= 0.3 is 0 Å². The molecule has 160 valence electrons. The molecule has 3 aromatic rings. The number of hydrogen-bond donors (Lipinski definition) is 0. The van der Waals surface area contributed by atoms with Gasteiger partial charge in [-0.3, -0.25) is 4.79 Å². The fourth-order valence-corrected chi connectivity index (χ4v) is 4.81. The third kappa shape index (κ3) is 4.09. The summed E-state index contributed by atoms with van der Waals surface area (Å²) < 4.78 is 6.04. The molecule has 1 aromatic heterocycles. The lowest BCUT2D eigenvalue weighted by atomic mass is 10.0. The molecule has 0 spiro atoms. The highest BCUT2D eigenvalue weighted by Gasteiger charge is 2.23. The van der Waals surface area contributed by atoms with Gasteiger partial charge in [-0.05, 0) is 61.4 Å². The number of para-hydroxylation sites is 2. The SMILES string of the molecule is CC1CCCN(c2ccc3cccc(OCC(=O)N4CCCc5ccccc54)c3n2)C1. The van der Waals surface area contributed by atoms with E-state index in [1.165, 1.54) is 18.4 Å². The van der Waals surface area contributed by atoms with E-state index in [4.69, 9.17) is 9.72 Å². The highest BCUT2D eigenvalue weighted by atomic mass is 16.5. The van der Waals surface area contributed by atoms with Gasteiger partial charge < -0.3 is 14.5 Å². The number of pyridine rings is 1. The van der Waals surface area contributed by atoms with Crippen molar-refractivity contribution in [3.63, 3.8) is 0 Å². The summed E-state index contributed by atoms with van der Waals surface area (Å²) in [4.78, 5) is 22.1. The van der Waals surface area contributed by atoms with Crippen molar-refractivity contribution < 1.29 is 9.53 Å². The second kappa shape index (κ2) is 8.58. The molecule has 0 N–H and O–H groups in total. The summed E-state index contributed by atoms with van der Waals surface area (Å²) in [6.07, 6.45) is 4.48. The van der Waals surface area contributed by atoms with Crippen molar-refractivity contribution in [2.24, 2.45) is 5.92 Å². The quantitative estimate of drug-likeness (QED) is 0.612. The molecule has 0 bridgehead atoms. The van der Waals surface area contributed by atoms with Crippen LogP contribution < -0.4 is 14.5 Å². The van der Waals surface area contributed by atoms with E-state index in [9.17, 15) is 4.79 Å². The molecule has 5 nitrogen and oxygen atoms in total. The Labute approximate surface area is 183 Å². The first kappa shape index (κ1) is 19.9. The number of rotatable bonds is 4. The molecule has 1 amide bonds. The van der Waals surface area contributed by atoms with Crippen molar-refractivity contribution >= 4 is 28.3 Å². The van der Waals surface area contributed by atoms with Gasteiger partial charge in [0, 0.05) is 30.7 Å². The first-order chi connectivity index (χ1) is 15.2. The molecular formula is C26H29N3O2. The molecule has 1 saturated heterocycles. The van der Waals surface area contributed by atoms with Gasteiger partial charge in [0.05, 0.1) is 0 Å². The first-order valence-electron chi connectivity index (χ1n) is 11.3. The van der Waals surface area contributed by atoms with Crippen LogP contribution in [0, 0.1) is 5.92 Å². The molecule has 5 heteroatoms. The molecule has 31 heavy (non-hydrogen) atoms. The van der Waals surface area contributed by atoms with E-state index in [2.05, 4.69) is 30.0 Å². The van der Waals surface area contributed by atoms with Crippen molar-refractivity contribution in [2.45, 2.75) is 32.6 Å². The normalized spacial score (nSPS) is 18.7. The Morgan fingerprint density at radius 1 is 1.06 bits per heavy atom. The summed E-state index contributed by atoms with van der Waals surface area (Å²) >= 11 is 0. The van der Waals surface area contributed by atoms with Crippen LogP contribution in [-0.2, 0) is 11.2 Å².